The molecule has 0 saturated carbocycles. The third kappa shape index (κ3) is 4.62. The van der Waals surface area contributed by atoms with Gasteiger partial charge in [-0.3, -0.25) is 0 Å². The zero-order valence-electron chi connectivity index (χ0n) is 13.6. The van der Waals surface area contributed by atoms with Gasteiger partial charge < -0.3 is 10.6 Å². The molecule has 2 rings (SSSR count). The van der Waals surface area contributed by atoms with Crippen molar-refractivity contribution in [3.8, 4) is 0 Å². The van der Waals surface area contributed by atoms with Crippen LogP contribution in [0.25, 0.3) is 0 Å². The molecule has 0 aliphatic heterocycles. The van der Waals surface area contributed by atoms with Crippen LogP contribution in [0.1, 0.15) is 29.2 Å². The Morgan fingerprint density at radius 3 is 2.41 bits per heavy atom. The van der Waals surface area contributed by atoms with Crippen molar-refractivity contribution in [3.63, 3.8) is 0 Å². The topological polar surface area (TPSA) is 41.1 Å². The molecule has 0 saturated heterocycles. The highest BCUT2D eigenvalue weighted by atomic mass is 16.2. The molecule has 0 aromatic heterocycles. The number of hydrogen-bond acceptors (Lipinski definition) is 1. The molecule has 2 aromatic carbocycles. The molecule has 22 heavy (non-hydrogen) atoms. The van der Waals surface area contributed by atoms with Crippen molar-refractivity contribution < 1.29 is 4.79 Å². The SMILES string of the molecule is CCc1ccc(NC(=O)NCCc2ccc(C)cc2C)cc1. The van der Waals surface area contributed by atoms with Crippen LogP contribution in [0.3, 0.4) is 0 Å². The second kappa shape index (κ2) is 7.64. The number of benzene rings is 2. The molecule has 0 bridgehead atoms. The van der Waals surface area contributed by atoms with E-state index in [2.05, 4.69) is 49.6 Å². The summed E-state index contributed by atoms with van der Waals surface area (Å²) in [5, 5.41) is 5.75. The summed E-state index contributed by atoms with van der Waals surface area (Å²) in [6.07, 6.45) is 1.84. The molecule has 0 fully saturated rings. The molecule has 2 amide bonds. The molecule has 0 spiro atoms. The van der Waals surface area contributed by atoms with E-state index in [4.69, 9.17) is 0 Å². The first-order valence-corrected chi connectivity index (χ1v) is 7.78. The third-order valence-electron chi connectivity index (χ3n) is 3.80. The molecule has 0 heterocycles. The van der Waals surface area contributed by atoms with Crippen LogP contribution >= 0.6 is 0 Å². The molecule has 0 atom stereocenters. The maximum absolute atomic E-state index is 11.9. The number of aryl methyl sites for hydroxylation is 3. The van der Waals surface area contributed by atoms with E-state index in [1.54, 1.807) is 0 Å². The lowest BCUT2D eigenvalue weighted by Gasteiger charge is -2.10. The van der Waals surface area contributed by atoms with Crippen LogP contribution < -0.4 is 10.6 Å². The van der Waals surface area contributed by atoms with Crippen LogP contribution in [0.2, 0.25) is 0 Å². The molecular formula is C19H24N2O. The molecule has 3 heteroatoms. The fourth-order valence-electron chi connectivity index (χ4n) is 2.44. The number of nitrogens with one attached hydrogen (secondary N) is 2. The van der Waals surface area contributed by atoms with Crippen molar-refractivity contribution in [1.82, 2.24) is 5.32 Å². The number of carbonyl (C=O) groups is 1. The van der Waals surface area contributed by atoms with Gasteiger partial charge in [-0.2, -0.15) is 0 Å². The van der Waals surface area contributed by atoms with E-state index >= 15 is 0 Å². The summed E-state index contributed by atoms with van der Waals surface area (Å²) in [5.74, 6) is 0. The monoisotopic (exact) mass is 296 g/mol. The van der Waals surface area contributed by atoms with E-state index < -0.39 is 0 Å². The summed E-state index contributed by atoms with van der Waals surface area (Å²) in [5.41, 5.74) is 5.90. The quantitative estimate of drug-likeness (QED) is 0.851. The van der Waals surface area contributed by atoms with Crippen molar-refractivity contribution in [2.24, 2.45) is 0 Å². The van der Waals surface area contributed by atoms with Crippen LogP contribution in [0.15, 0.2) is 42.5 Å². The van der Waals surface area contributed by atoms with Crippen LogP contribution in [0.4, 0.5) is 10.5 Å². The van der Waals surface area contributed by atoms with E-state index in [1.807, 2.05) is 24.3 Å². The zero-order valence-corrected chi connectivity index (χ0v) is 13.6. The van der Waals surface area contributed by atoms with E-state index in [0.29, 0.717) is 6.54 Å². The van der Waals surface area contributed by atoms with E-state index in [9.17, 15) is 4.79 Å². The van der Waals surface area contributed by atoms with Gasteiger partial charge in [-0.05, 0) is 55.5 Å². The number of amides is 2. The Bertz CT molecular complexity index is 632. The van der Waals surface area contributed by atoms with Crippen molar-refractivity contribution in [2.75, 3.05) is 11.9 Å². The summed E-state index contributed by atoms with van der Waals surface area (Å²) < 4.78 is 0. The van der Waals surface area contributed by atoms with Crippen molar-refractivity contribution >= 4 is 11.7 Å². The Balaban J connectivity index is 1.79. The minimum Gasteiger partial charge on any atom is -0.338 e. The number of rotatable bonds is 5. The van der Waals surface area contributed by atoms with Crippen LogP contribution in [0, 0.1) is 13.8 Å². The Labute approximate surface area is 132 Å². The summed E-state index contributed by atoms with van der Waals surface area (Å²) in [6.45, 7) is 6.94. The Morgan fingerprint density at radius 2 is 1.77 bits per heavy atom. The maximum atomic E-state index is 11.9. The fraction of sp³-hybridized carbons (Fsp3) is 0.316. The molecule has 2 aromatic rings. The first-order valence-electron chi connectivity index (χ1n) is 7.78. The van der Waals surface area contributed by atoms with Gasteiger partial charge in [0.15, 0.2) is 0 Å². The Morgan fingerprint density at radius 1 is 1.05 bits per heavy atom. The molecular weight excluding hydrogens is 272 g/mol. The van der Waals surface area contributed by atoms with E-state index in [1.165, 1.54) is 22.3 Å². The summed E-state index contributed by atoms with van der Waals surface area (Å²) in [7, 11) is 0. The largest absolute Gasteiger partial charge is 0.338 e. The summed E-state index contributed by atoms with van der Waals surface area (Å²) in [6, 6.07) is 14.2. The smallest absolute Gasteiger partial charge is 0.319 e. The lowest BCUT2D eigenvalue weighted by atomic mass is 10.0. The predicted molar refractivity (Wildman–Crippen MR) is 92.5 cm³/mol. The number of anilines is 1. The van der Waals surface area contributed by atoms with Gasteiger partial charge >= 0.3 is 6.03 Å². The minimum atomic E-state index is -0.158. The van der Waals surface area contributed by atoms with Crippen LogP contribution in [-0.2, 0) is 12.8 Å². The standard InChI is InChI=1S/C19H24N2O/c1-4-16-6-9-18(10-7-16)21-19(22)20-12-11-17-8-5-14(2)13-15(17)3/h5-10,13H,4,11-12H2,1-3H3,(H2,20,21,22). The average Bonchev–Trinajstić information content (AvgIpc) is 2.50. The molecule has 2 N–H and O–H groups in total. The molecule has 116 valence electrons. The number of urea groups is 1. The normalized spacial score (nSPS) is 10.3. The van der Waals surface area contributed by atoms with Crippen molar-refractivity contribution in [3.05, 3.63) is 64.7 Å². The van der Waals surface area contributed by atoms with Crippen LogP contribution in [-0.4, -0.2) is 12.6 Å². The molecule has 0 aliphatic rings. The van der Waals surface area contributed by atoms with Gasteiger partial charge in [0.25, 0.3) is 0 Å². The summed E-state index contributed by atoms with van der Waals surface area (Å²) in [4.78, 5) is 11.9. The second-order valence-electron chi connectivity index (χ2n) is 5.61. The van der Waals surface area contributed by atoms with E-state index in [0.717, 1.165) is 18.5 Å². The Hall–Kier alpha value is -2.29. The number of hydrogen-bond donors (Lipinski definition) is 2. The number of carbonyl (C=O) groups excluding carboxylic acids is 1. The van der Waals surface area contributed by atoms with Crippen molar-refractivity contribution in [1.29, 1.82) is 0 Å². The lowest BCUT2D eigenvalue weighted by Crippen LogP contribution is -2.30. The molecule has 3 nitrogen and oxygen atoms in total. The molecule has 0 radical (unpaired) electrons. The van der Waals surface area contributed by atoms with Gasteiger partial charge in [0.1, 0.15) is 0 Å². The van der Waals surface area contributed by atoms with Gasteiger partial charge in [-0.1, -0.05) is 42.8 Å². The maximum Gasteiger partial charge on any atom is 0.319 e. The summed E-state index contributed by atoms with van der Waals surface area (Å²) >= 11 is 0. The predicted octanol–water partition coefficient (Wildman–Crippen LogP) is 4.23. The molecule has 0 unspecified atom stereocenters. The van der Waals surface area contributed by atoms with Crippen molar-refractivity contribution in [2.45, 2.75) is 33.6 Å². The third-order valence-corrected chi connectivity index (χ3v) is 3.80. The van der Waals surface area contributed by atoms with E-state index in [-0.39, 0.29) is 6.03 Å². The molecule has 0 aliphatic carbocycles. The first kappa shape index (κ1) is 16.1. The fourth-order valence-corrected chi connectivity index (χ4v) is 2.44. The highest BCUT2D eigenvalue weighted by Crippen LogP contribution is 2.11. The highest BCUT2D eigenvalue weighted by Gasteiger charge is 2.03. The van der Waals surface area contributed by atoms with Gasteiger partial charge in [0, 0.05) is 12.2 Å². The Kier molecular flexibility index (Phi) is 5.59. The average molecular weight is 296 g/mol. The van der Waals surface area contributed by atoms with Gasteiger partial charge in [-0.25, -0.2) is 4.79 Å². The minimum absolute atomic E-state index is 0.158. The lowest BCUT2D eigenvalue weighted by molar-refractivity contribution is 0.252. The highest BCUT2D eigenvalue weighted by molar-refractivity contribution is 5.89. The second-order valence-corrected chi connectivity index (χ2v) is 5.61. The van der Waals surface area contributed by atoms with Gasteiger partial charge in [-0.15, -0.1) is 0 Å². The first-order chi connectivity index (χ1) is 10.6. The van der Waals surface area contributed by atoms with Gasteiger partial charge in [0.2, 0.25) is 0 Å². The van der Waals surface area contributed by atoms with Gasteiger partial charge in [0.05, 0.1) is 0 Å². The van der Waals surface area contributed by atoms with Crippen LogP contribution in [0.5, 0.6) is 0 Å². The zero-order chi connectivity index (χ0) is 15.9.